The molecule has 0 radical (unpaired) electrons. The van der Waals surface area contributed by atoms with Crippen LogP contribution in [0.1, 0.15) is 26.3 Å². The van der Waals surface area contributed by atoms with Crippen molar-refractivity contribution in [1.82, 2.24) is 10.2 Å². The molecule has 8 heteroatoms. The molecule has 1 aromatic carbocycles. The average molecular weight is 427 g/mol. The molecule has 25 heavy (non-hydrogen) atoms. The highest BCUT2D eigenvalue weighted by Gasteiger charge is 2.69. The quantitative estimate of drug-likeness (QED) is 0.719. The van der Waals surface area contributed by atoms with Crippen LogP contribution < -0.4 is 5.32 Å². The molecule has 2 fully saturated rings. The summed E-state index contributed by atoms with van der Waals surface area (Å²) in [5.74, 6) is -1.61. The molecule has 0 aliphatic carbocycles. The third-order valence-electron chi connectivity index (χ3n) is 4.69. The molecular weight excluding hydrogens is 408 g/mol. The lowest BCUT2D eigenvalue weighted by molar-refractivity contribution is -0.167. The molecular formula is C17H19BrN2O4S. The number of aliphatic carboxylic acids is 1. The van der Waals surface area contributed by atoms with Crippen molar-refractivity contribution in [2.24, 2.45) is 0 Å². The predicted molar refractivity (Wildman–Crippen MR) is 98.1 cm³/mol. The Morgan fingerprint density at radius 2 is 1.88 bits per heavy atom. The molecule has 0 spiro atoms. The number of nitrogens with zero attached hydrogens (tertiary/aromatic N) is 1. The summed E-state index contributed by atoms with van der Waals surface area (Å²) in [5.41, 5.74) is -0.228. The molecule has 2 aliphatic heterocycles. The standard InChI is InChI=1S/C17H19BrN2O4S/c1-16(2)12(13(22)23)20-14(24)17(3,15(20)25-16)19-11(21)8-9-4-6-10(18)7-5-9/h4-7,12,15H,8H2,1-3H3,(H,19,21)(H,22,23)/t12-,15+,17-/m0/s1. The van der Waals surface area contributed by atoms with E-state index in [4.69, 9.17) is 0 Å². The number of carbonyl (C=O) groups excluding carboxylic acids is 2. The minimum Gasteiger partial charge on any atom is -0.480 e. The summed E-state index contributed by atoms with van der Waals surface area (Å²) in [5, 5.41) is 11.9. The Hall–Kier alpha value is -1.54. The SMILES string of the molecule is CC1(C)S[C@H]2N(C(=O)[C@]2(C)NC(=O)Cc2ccc(Br)cc2)[C@H]1C(=O)O. The number of fused-ring (bicyclic) bond motifs is 1. The van der Waals surface area contributed by atoms with Crippen LogP contribution in [-0.4, -0.2) is 49.5 Å². The van der Waals surface area contributed by atoms with Gasteiger partial charge in [-0.2, -0.15) is 0 Å². The van der Waals surface area contributed by atoms with Crippen LogP contribution in [0, 0.1) is 0 Å². The molecule has 2 heterocycles. The maximum absolute atomic E-state index is 12.6. The molecule has 6 nitrogen and oxygen atoms in total. The van der Waals surface area contributed by atoms with Crippen molar-refractivity contribution in [3.8, 4) is 0 Å². The number of nitrogens with one attached hydrogen (secondary N) is 1. The number of halogens is 1. The summed E-state index contributed by atoms with van der Waals surface area (Å²) in [6.45, 7) is 5.29. The van der Waals surface area contributed by atoms with Crippen molar-refractivity contribution < 1.29 is 19.5 Å². The fourth-order valence-corrected chi connectivity index (χ4v) is 5.37. The number of carbonyl (C=O) groups is 3. The van der Waals surface area contributed by atoms with E-state index in [1.54, 1.807) is 6.92 Å². The van der Waals surface area contributed by atoms with Gasteiger partial charge in [-0.15, -0.1) is 11.8 Å². The zero-order chi connectivity index (χ0) is 18.6. The zero-order valence-electron chi connectivity index (χ0n) is 14.1. The maximum atomic E-state index is 12.6. The Morgan fingerprint density at radius 1 is 1.28 bits per heavy atom. The highest BCUT2D eigenvalue weighted by molar-refractivity contribution is 9.10. The van der Waals surface area contributed by atoms with E-state index in [-0.39, 0.29) is 23.6 Å². The summed E-state index contributed by atoms with van der Waals surface area (Å²) in [7, 11) is 0. The van der Waals surface area contributed by atoms with Crippen LogP contribution in [0.25, 0.3) is 0 Å². The van der Waals surface area contributed by atoms with Crippen LogP contribution >= 0.6 is 27.7 Å². The fourth-order valence-electron chi connectivity index (χ4n) is 3.46. The first-order valence-electron chi connectivity index (χ1n) is 7.85. The summed E-state index contributed by atoms with van der Waals surface area (Å²) >= 11 is 4.76. The summed E-state index contributed by atoms with van der Waals surface area (Å²) in [6.07, 6.45) is 0.166. The fraction of sp³-hybridized carbons (Fsp3) is 0.471. The Kier molecular flexibility index (Phi) is 4.39. The molecule has 2 aliphatic rings. The van der Waals surface area contributed by atoms with Gasteiger partial charge in [0.25, 0.3) is 5.91 Å². The third-order valence-corrected chi connectivity index (χ3v) is 6.97. The number of carboxylic acids is 1. The van der Waals surface area contributed by atoms with Crippen molar-refractivity contribution in [3.63, 3.8) is 0 Å². The average Bonchev–Trinajstić information content (AvgIpc) is 2.79. The van der Waals surface area contributed by atoms with E-state index in [0.29, 0.717) is 0 Å². The molecule has 2 amide bonds. The van der Waals surface area contributed by atoms with E-state index >= 15 is 0 Å². The van der Waals surface area contributed by atoms with E-state index in [1.165, 1.54) is 16.7 Å². The van der Waals surface area contributed by atoms with Gasteiger partial charge in [-0.1, -0.05) is 28.1 Å². The molecule has 0 aromatic heterocycles. The largest absolute Gasteiger partial charge is 0.480 e. The highest BCUT2D eigenvalue weighted by atomic mass is 79.9. The van der Waals surface area contributed by atoms with Crippen molar-refractivity contribution >= 4 is 45.5 Å². The van der Waals surface area contributed by atoms with Gasteiger partial charge in [-0.05, 0) is 38.5 Å². The number of rotatable bonds is 4. The van der Waals surface area contributed by atoms with Crippen LogP contribution in [0.4, 0.5) is 0 Å². The second-order valence-corrected chi connectivity index (χ2v) is 9.73. The monoisotopic (exact) mass is 426 g/mol. The first-order valence-corrected chi connectivity index (χ1v) is 9.52. The lowest BCUT2D eigenvalue weighted by Gasteiger charge is -2.51. The maximum Gasteiger partial charge on any atom is 0.327 e. The van der Waals surface area contributed by atoms with E-state index in [9.17, 15) is 19.5 Å². The summed E-state index contributed by atoms with van der Waals surface area (Å²) in [6, 6.07) is 6.51. The molecule has 0 unspecified atom stereocenters. The molecule has 0 saturated carbocycles. The Bertz CT molecular complexity index is 752. The smallest absolute Gasteiger partial charge is 0.327 e. The topological polar surface area (TPSA) is 86.7 Å². The Balaban J connectivity index is 1.73. The molecule has 1 aromatic rings. The second kappa shape index (κ2) is 6.02. The van der Waals surface area contributed by atoms with Crippen molar-refractivity contribution in [1.29, 1.82) is 0 Å². The number of benzene rings is 1. The third kappa shape index (κ3) is 2.95. The van der Waals surface area contributed by atoms with Gasteiger partial charge >= 0.3 is 5.97 Å². The minimum absolute atomic E-state index is 0.166. The van der Waals surface area contributed by atoms with Gasteiger partial charge in [0.05, 0.1) is 6.42 Å². The first-order chi connectivity index (χ1) is 11.6. The zero-order valence-corrected chi connectivity index (χ0v) is 16.5. The summed E-state index contributed by atoms with van der Waals surface area (Å²) < 4.78 is 0.318. The normalized spacial score (nSPS) is 29.8. The molecule has 2 N–H and O–H groups in total. The van der Waals surface area contributed by atoms with Gasteiger partial charge in [-0.3, -0.25) is 9.59 Å². The number of carboxylic acid groups (broad SMARTS) is 1. The van der Waals surface area contributed by atoms with E-state index < -0.39 is 22.3 Å². The van der Waals surface area contributed by atoms with Crippen LogP contribution in [0.3, 0.4) is 0 Å². The molecule has 2 saturated heterocycles. The molecule has 134 valence electrons. The van der Waals surface area contributed by atoms with Gasteiger partial charge in [0.15, 0.2) is 0 Å². The van der Waals surface area contributed by atoms with Crippen LogP contribution in [0.15, 0.2) is 28.7 Å². The minimum atomic E-state index is -1.07. The number of thioether (sulfide) groups is 1. The molecule has 0 bridgehead atoms. The van der Waals surface area contributed by atoms with Crippen molar-refractivity contribution in [2.75, 3.05) is 0 Å². The molecule has 3 atom stereocenters. The van der Waals surface area contributed by atoms with Crippen molar-refractivity contribution in [3.05, 3.63) is 34.3 Å². The number of hydrogen-bond acceptors (Lipinski definition) is 4. The number of amides is 2. The van der Waals surface area contributed by atoms with Gasteiger partial charge in [0, 0.05) is 9.22 Å². The number of β-lactam (4-membered cyclic amide) rings is 1. The lowest BCUT2D eigenvalue weighted by Crippen LogP contribution is -2.78. The highest BCUT2D eigenvalue weighted by Crippen LogP contribution is 2.54. The van der Waals surface area contributed by atoms with E-state index in [2.05, 4.69) is 21.2 Å². The van der Waals surface area contributed by atoms with Gasteiger partial charge < -0.3 is 15.3 Å². The van der Waals surface area contributed by atoms with Crippen LogP contribution in [-0.2, 0) is 20.8 Å². The van der Waals surface area contributed by atoms with E-state index in [0.717, 1.165) is 10.0 Å². The van der Waals surface area contributed by atoms with Crippen molar-refractivity contribution in [2.45, 2.75) is 48.9 Å². The predicted octanol–water partition coefficient (Wildman–Crippen LogP) is 2.01. The van der Waals surface area contributed by atoms with Gasteiger partial charge in [-0.25, -0.2) is 4.79 Å². The van der Waals surface area contributed by atoms with E-state index in [1.807, 2.05) is 38.1 Å². The van der Waals surface area contributed by atoms with Crippen LogP contribution in [0.5, 0.6) is 0 Å². The first kappa shape index (κ1) is 18.3. The van der Waals surface area contributed by atoms with Crippen LogP contribution in [0.2, 0.25) is 0 Å². The second-order valence-electron chi connectivity index (χ2n) is 7.08. The molecule has 3 rings (SSSR count). The lowest BCUT2D eigenvalue weighted by atomic mass is 9.86. The van der Waals surface area contributed by atoms with Gasteiger partial charge in [0.2, 0.25) is 5.91 Å². The summed E-state index contributed by atoms with van der Waals surface area (Å²) in [4.78, 5) is 38.0. The Labute approximate surface area is 158 Å². The van der Waals surface area contributed by atoms with Gasteiger partial charge in [0.1, 0.15) is 17.0 Å². The number of hydrogen-bond donors (Lipinski definition) is 2. The Morgan fingerprint density at radius 3 is 2.44 bits per heavy atom.